The molecule has 9 heteroatoms. The van der Waals surface area contributed by atoms with E-state index in [2.05, 4.69) is 27.8 Å². The third-order valence-electron chi connectivity index (χ3n) is 6.35. The molecule has 1 unspecified atom stereocenters. The summed E-state index contributed by atoms with van der Waals surface area (Å²) in [6, 6.07) is 10.0. The van der Waals surface area contributed by atoms with Crippen LogP contribution >= 0.6 is 27.5 Å². The maximum Gasteiger partial charge on any atom is 0.263 e. The smallest absolute Gasteiger partial charge is 0.263 e. The van der Waals surface area contributed by atoms with E-state index in [1.165, 1.54) is 11.5 Å². The predicted octanol–water partition coefficient (Wildman–Crippen LogP) is 5.90. The van der Waals surface area contributed by atoms with E-state index in [0.29, 0.717) is 40.4 Å². The summed E-state index contributed by atoms with van der Waals surface area (Å²) in [5.74, 6) is 0.0752. The van der Waals surface area contributed by atoms with Gasteiger partial charge in [0.25, 0.3) is 11.5 Å². The number of ketones is 1. The third kappa shape index (κ3) is 5.26. The van der Waals surface area contributed by atoms with Crippen molar-refractivity contribution in [2.75, 3.05) is 5.32 Å². The molecule has 0 radical (unpaired) electrons. The molecule has 7 nitrogen and oxygen atoms in total. The highest BCUT2D eigenvalue weighted by molar-refractivity contribution is 9.10. The molecule has 1 aliphatic heterocycles. The van der Waals surface area contributed by atoms with Gasteiger partial charge < -0.3 is 10.2 Å². The predicted molar refractivity (Wildman–Crippen MR) is 151 cm³/mol. The van der Waals surface area contributed by atoms with Crippen LogP contribution in [-0.2, 0) is 13.0 Å². The molecule has 0 bridgehead atoms. The van der Waals surface area contributed by atoms with Crippen LogP contribution in [0.3, 0.4) is 0 Å². The molecule has 1 N–H and O–H groups in total. The zero-order valence-corrected chi connectivity index (χ0v) is 23.5. The van der Waals surface area contributed by atoms with Crippen molar-refractivity contribution in [3.8, 4) is 5.69 Å². The van der Waals surface area contributed by atoms with Gasteiger partial charge in [-0.15, -0.1) is 0 Å². The van der Waals surface area contributed by atoms with E-state index in [0.717, 1.165) is 10.0 Å². The number of nitrogens with zero attached hydrogens (tertiary/aromatic N) is 3. The lowest BCUT2D eigenvalue weighted by Crippen LogP contribution is -2.46. The van der Waals surface area contributed by atoms with Gasteiger partial charge >= 0.3 is 0 Å². The molecular formula is C28H28BrClN4O3. The van der Waals surface area contributed by atoms with E-state index in [-0.39, 0.29) is 40.9 Å². The summed E-state index contributed by atoms with van der Waals surface area (Å²) in [5, 5.41) is 3.52. The van der Waals surface area contributed by atoms with E-state index in [1.807, 2.05) is 26.8 Å². The van der Waals surface area contributed by atoms with Crippen molar-refractivity contribution < 1.29 is 9.59 Å². The highest BCUT2D eigenvalue weighted by Crippen LogP contribution is 2.28. The molecule has 37 heavy (non-hydrogen) atoms. The summed E-state index contributed by atoms with van der Waals surface area (Å²) in [7, 11) is 0. The standard InChI is InChI=1S/C28H28BrClN4O3/c1-6-18-12-20(7-9-22(18)29)26(36)33-14-24-21(11-16(33)4)27(37)34(28(32-24)31-15(2)3)25-10-8-19(17(5)35)13-23(25)30/h6-10,12-13,15-16H,1,11,14H2,2-5H3,(H,31,32). The van der Waals surface area contributed by atoms with E-state index >= 15 is 0 Å². The van der Waals surface area contributed by atoms with Crippen molar-refractivity contribution in [1.29, 1.82) is 0 Å². The van der Waals surface area contributed by atoms with Crippen molar-refractivity contribution in [3.63, 3.8) is 0 Å². The van der Waals surface area contributed by atoms with Gasteiger partial charge in [-0.2, -0.15) is 0 Å². The molecule has 1 aliphatic rings. The quantitative estimate of drug-likeness (QED) is 0.365. The van der Waals surface area contributed by atoms with Crippen LogP contribution in [0, 0.1) is 0 Å². The molecule has 0 fully saturated rings. The lowest BCUT2D eigenvalue weighted by Gasteiger charge is -2.35. The van der Waals surface area contributed by atoms with Gasteiger partial charge in [0.1, 0.15) is 0 Å². The van der Waals surface area contributed by atoms with E-state index in [9.17, 15) is 14.4 Å². The molecule has 1 aromatic heterocycles. The van der Waals surface area contributed by atoms with Gasteiger partial charge in [-0.1, -0.05) is 40.2 Å². The van der Waals surface area contributed by atoms with Crippen LogP contribution < -0.4 is 10.9 Å². The van der Waals surface area contributed by atoms with Gasteiger partial charge in [0.2, 0.25) is 5.95 Å². The van der Waals surface area contributed by atoms with Gasteiger partial charge in [0.15, 0.2) is 5.78 Å². The summed E-state index contributed by atoms with van der Waals surface area (Å²) >= 11 is 10.0. The summed E-state index contributed by atoms with van der Waals surface area (Å²) in [5.41, 5.74) is 3.11. The van der Waals surface area contributed by atoms with Crippen molar-refractivity contribution in [2.24, 2.45) is 0 Å². The van der Waals surface area contributed by atoms with Crippen molar-refractivity contribution in [1.82, 2.24) is 14.5 Å². The van der Waals surface area contributed by atoms with Crippen LogP contribution in [0.25, 0.3) is 11.8 Å². The average Bonchev–Trinajstić information content (AvgIpc) is 2.84. The zero-order chi connectivity index (χ0) is 27.0. The average molecular weight is 584 g/mol. The second-order valence-corrected chi connectivity index (χ2v) is 10.7. The maximum absolute atomic E-state index is 13.8. The minimum absolute atomic E-state index is 0.0215. The molecule has 192 valence electrons. The second kappa shape index (κ2) is 10.6. The Labute approximate surface area is 229 Å². The Morgan fingerprint density at radius 1 is 1.22 bits per heavy atom. The highest BCUT2D eigenvalue weighted by Gasteiger charge is 2.32. The fraction of sp³-hybridized carbons (Fsp3) is 0.286. The largest absolute Gasteiger partial charge is 0.353 e. The van der Waals surface area contributed by atoms with Crippen molar-refractivity contribution in [2.45, 2.75) is 52.7 Å². The first-order chi connectivity index (χ1) is 17.5. The van der Waals surface area contributed by atoms with E-state index < -0.39 is 0 Å². The summed E-state index contributed by atoms with van der Waals surface area (Å²) in [6.07, 6.45) is 2.04. The molecule has 0 saturated heterocycles. The number of halogens is 2. The first-order valence-corrected chi connectivity index (χ1v) is 13.1. The third-order valence-corrected chi connectivity index (χ3v) is 7.38. The second-order valence-electron chi connectivity index (χ2n) is 9.45. The molecular weight excluding hydrogens is 556 g/mol. The molecule has 1 atom stereocenters. The Bertz CT molecular complexity index is 1480. The Morgan fingerprint density at radius 3 is 2.54 bits per heavy atom. The molecule has 2 heterocycles. The molecule has 4 rings (SSSR count). The van der Waals surface area contributed by atoms with Gasteiger partial charge in [-0.3, -0.25) is 14.4 Å². The van der Waals surface area contributed by atoms with Crippen LogP contribution in [0.2, 0.25) is 5.02 Å². The van der Waals surface area contributed by atoms with Gasteiger partial charge in [-0.05, 0) is 76.1 Å². The number of hydrogen-bond acceptors (Lipinski definition) is 5. The number of aromatic nitrogens is 2. The summed E-state index contributed by atoms with van der Waals surface area (Å²) in [4.78, 5) is 45.7. The fourth-order valence-corrected chi connectivity index (χ4v) is 5.09. The molecule has 0 spiro atoms. The molecule has 1 amide bonds. The number of rotatable bonds is 6. The Kier molecular flexibility index (Phi) is 7.71. The SMILES string of the molecule is C=Cc1cc(C(=O)N2Cc3nc(NC(C)C)n(-c4ccc(C(C)=O)cc4Cl)c(=O)c3CC2C)ccc1Br. The maximum atomic E-state index is 13.8. The number of fused-ring (bicyclic) bond motifs is 1. The number of hydrogen-bond donors (Lipinski definition) is 1. The van der Waals surface area contributed by atoms with Crippen LogP contribution in [-0.4, -0.2) is 38.2 Å². The first kappa shape index (κ1) is 26.8. The topological polar surface area (TPSA) is 84.3 Å². The van der Waals surface area contributed by atoms with Crippen molar-refractivity contribution in [3.05, 3.63) is 90.8 Å². The number of Topliss-reactive ketones (excluding diaryl/α,β-unsaturated/α-hetero) is 1. The lowest BCUT2D eigenvalue weighted by atomic mass is 9.98. The monoisotopic (exact) mass is 582 g/mol. The number of carbonyl (C=O) groups excluding carboxylic acids is 2. The minimum Gasteiger partial charge on any atom is -0.353 e. The van der Waals surface area contributed by atoms with Crippen LogP contribution in [0.5, 0.6) is 0 Å². The van der Waals surface area contributed by atoms with Crippen molar-refractivity contribution >= 4 is 51.2 Å². The fourth-order valence-electron chi connectivity index (χ4n) is 4.42. The lowest BCUT2D eigenvalue weighted by molar-refractivity contribution is 0.0653. The number of carbonyl (C=O) groups is 2. The number of anilines is 1. The summed E-state index contributed by atoms with van der Waals surface area (Å²) < 4.78 is 2.32. The van der Waals surface area contributed by atoms with Gasteiger partial charge in [0.05, 0.1) is 22.9 Å². The number of benzene rings is 2. The Balaban J connectivity index is 1.80. The molecule has 0 aliphatic carbocycles. The zero-order valence-electron chi connectivity index (χ0n) is 21.1. The summed E-state index contributed by atoms with van der Waals surface area (Å²) in [6.45, 7) is 11.3. The number of amides is 1. The van der Waals surface area contributed by atoms with Gasteiger partial charge in [-0.25, -0.2) is 9.55 Å². The highest BCUT2D eigenvalue weighted by atomic mass is 79.9. The van der Waals surface area contributed by atoms with Gasteiger partial charge in [0, 0.05) is 33.2 Å². The normalized spacial score (nSPS) is 14.9. The Hall–Kier alpha value is -3.23. The minimum atomic E-state index is -0.248. The molecule has 2 aromatic carbocycles. The van der Waals surface area contributed by atoms with Crippen LogP contribution in [0.1, 0.15) is 65.2 Å². The van der Waals surface area contributed by atoms with Crippen LogP contribution in [0.4, 0.5) is 5.95 Å². The first-order valence-electron chi connectivity index (χ1n) is 12.0. The Morgan fingerprint density at radius 2 is 1.92 bits per heavy atom. The number of nitrogens with one attached hydrogen (secondary N) is 1. The molecule has 3 aromatic rings. The molecule has 0 saturated carbocycles. The van der Waals surface area contributed by atoms with Crippen LogP contribution in [0.15, 0.2) is 52.2 Å². The van der Waals surface area contributed by atoms with E-state index in [4.69, 9.17) is 16.6 Å². The van der Waals surface area contributed by atoms with E-state index in [1.54, 1.807) is 41.3 Å².